The van der Waals surface area contributed by atoms with Crippen LogP contribution in [0.15, 0.2) is 169 Å². The summed E-state index contributed by atoms with van der Waals surface area (Å²) in [5, 5.41) is -1.73. The van der Waals surface area contributed by atoms with Gasteiger partial charge in [0.1, 0.15) is 66.1 Å². The standard InChI is InChI=1S/C32H24N2O6.C24H14O8/c1-17-5-11-20(12-6-17)34-31(37)25-26(32(34)38)28(40-22-15-9-19(3)10-16-22)24-23(29(35)33(4)30(24)36)27(25)39-21-13-7-18(2)8-14-21;1-11-3-7-13(8-4-11)29-19-15-17(23(27)31-21(15)25)20(18-16(19)22(26)32-24(18)28)30-14-9-5-12(2)6-10-14/h5-16H,1-4H3;3-10H,1-2H3. The molecule has 0 saturated heterocycles. The minimum Gasteiger partial charge on any atom is -0.456 e. The van der Waals surface area contributed by atoms with Gasteiger partial charge in [0, 0.05) is 7.05 Å². The van der Waals surface area contributed by atoms with Gasteiger partial charge in [-0.05, 0) is 95.3 Å². The van der Waals surface area contributed by atoms with Gasteiger partial charge < -0.3 is 27.8 Å². The lowest BCUT2D eigenvalue weighted by Gasteiger charge is -2.12. The van der Waals surface area contributed by atoms with Gasteiger partial charge in [-0.1, -0.05) is 88.5 Å². The maximum Gasteiger partial charge on any atom is 0.350 e. The van der Waals surface area contributed by atoms with Gasteiger partial charge in [-0.15, -0.1) is 0 Å². The summed E-state index contributed by atoms with van der Waals surface area (Å²) in [7, 11) is 1.34. The molecule has 0 spiro atoms. The van der Waals surface area contributed by atoms with Gasteiger partial charge in [0.25, 0.3) is 22.2 Å². The Hall–Kier alpha value is -9.70. The molecule has 11 aromatic rings. The minimum absolute atomic E-state index is 0.124. The third-order valence-electron chi connectivity index (χ3n) is 12.1. The highest BCUT2D eigenvalue weighted by molar-refractivity contribution is 6.12. The zero-order valence-corrected chi connectivity index (χ0v) is 39.2. The lowest BCUT2D eigenvalue weighted by atomic mass is 10.1. The van der Waals surface area contributed by atoms with E-state index in [1.54, 1.807) is 97.1 Å². The van der Waals surface area contributed by atoms with Gasteiger partial charge in [0.15, 0.2) is 23.0 Å². The van der Waals surface area contributed by atoms with E-state index >= 15 is 0 Å². The van der Waals surface area contributed by atoms with Crippen molar-refractivity contribution in [2.45, 2.75) is 34.6 Å². The van der Waals surface area contributed by atoms with Gasteiger partial charge in [-0.25, -0.2) is 23.7 Å². The number of rotatable bonds is 9. The lowest BCUT2D eigenvalue weighted by molar-refractivity contribution is 0.475. The Kier molecular flexibility index (Phi) is 11.3. The number of benzene rings is 7. The predicted molar refractivity (Wildman–Crippen MR) is 270 cm³/mol. The van der Waals surface area contributed by atoms with Crippen LogP contribution in [0.5, 0.6) is 46.0 Å². The molecule has 0 fully saturated rings. The van der Waals surface area contributed by atoms with Gasteiger partial charge in [0.05, 0.1) is 5.69 Å². The van der Waals surface area contributed by atoms with Crippen LogP contribution in [0.1, 0.15) is 27.8 Å². The van der Waals surface area contributed by atoms with Crippen LogP contribution in [-0.4, -0.2) is 9.13 Å². The van der Waals surface area contributed by atoms with Crippen molar-refractivity contribution < 1.29 is 27.8 Å². The number of aromatic nitrogens is 2. The zero-order valence-electron chi connectivity index (χ0n) is 39.2. The van der Waals surface area contributed by atoms with Crippen molar-refractivity contribution in [3.05, 3.63) is 232 Å². The van der Waals surface area contributed by atoms with Crippen molar-refractivity contribution in [2.75, 3.05) is 0 Å². The number of nitrogens with zero attached hydrogens (tertiary/aromatic N) is 2. The van der Waals surface area contributed by atoms with Gasteiger partial charge in [-0.2, -0.15) is 0 Å². The Bertz CT molecular complexity index is 4080. The minimum atomic E-state index is -1.02. The van der Waals surface area contributed by atoms with Crippen LogP contribution in [0, 0.1) is 34.6 Å². The summed E-state index contributed by atoms with van der Waals surface area (Å²) >= 11 is 0. The fourth-order valence-corrected chi connectivity index (χ4v) is 8.35. The average molecular weight is 963 g/mol. The van der Waals surface area contributed by atoms with Gasteiger partial charge in [0.2, 0.25) is 0 Å². The molecular weight excluding hydrogens is 925 g/mol. The maximum atomic E-state index is 14.0. The molecule has 0 aliphatic heterocycles. The van der Waals surface area contributed by atoms with Crippen molar-refractivity contribution in [3.8, 4) is 51.7 Å². The summed E-state index contributed by atoms with van der Waals surface area (Å²) in [6.45, 7) is 9.47. The maximum absolute atomic E-state index is 14.0. The van der Waals surface area contributed by atoms with Crippen LogP contribution in [0.2, 0.25) is 0 Å². The highest BCUT2D eigenvalue weighted by atomic mass is 16.5. The van der Waals surface area contributed by atoms with Crippen molar-refractivity contribution in [2.24, 2.45) is 7.05 Å². The Morgan fingerprint density at radius 1 is 0.306 bits per heavy atom. The average Bonchev–Trinajstić information content (AvgIpc) is 4.00. The fraction of sp³-hybridized carbons (Fsp3) is 0.107. The largest absolute Gasteiger partial charge is 0.456 e. The molecule has 4 heterocycles. The number of furan rings is 2. The monoisotopic (exact) mass is 962 g/mol. The van der Waals surface area contributed by atoms with Crippen LogP contribution in [0.3, 0.4) is 0 Å². The molecule has 0 aliphatic carbocycles. The molecule has 0 radical (unpaired) electrons. The fourth-order valence-electron chi connectivity index (χ4n) is 8.35. The molecule has 4 aromatic heterocycles. The highest BCUT2D eigenvalue weighted by Gasteiger charge is 2.33. The number of ether oxygens (including phenoxy) is 4. The van der Waals surface area contributed by atoms with E-state index in [0.29, 0.717) is 17.2 Å². The summed E-state index contributed by atoms with van der Waals surface area (Å²) in [5.74, 6) is 0.361. The summed E-state index contributed by atoms with van der Waals surface area (Å²) in [6.07, 6.45) is 0. The van der Waals surface area contributed by atoms with E-state index in [2.05, 4.69) is 0 Å². The first-order valence-corrected chi connectivity index (χ1v) is 22.3. The molecule has 0 bridgehead atoms. The second-order valence-corrected chi connectivity index (χ2v) is 17.3. The number of aryl methyl sites for hydroxylation is 5. The van der Waals surface area contributed by atoms with Crippen molar-refractivity contribution in [3.63, 3.8) is 0 Å². The molecule has 16 nitrogen and oxygen atoms in total. The lowest BCUT2D eigenvalue weighted by Crippen LogP contribution is -2.23. The Morgan fingerprint density at radius 3 is 0.792 bits per heavy atom. The second kappa shape index (κ2) is 17.7. The number of fused-ring (bicyclic) bond motifs is 4. The molecule has 356 valence electrons. The van der Waals surface area contributed by atoms with E-state index < -0.39 is 44.7 Å². The first kappa shape index (κ1) is 46.1. The van der Waals surface area contributed by atoms with Crippen molar-refractivity contribution in [1.29, 1.82) is 0 Å². The molecule has 0 aliphatic rings. The van der Waals surface area contributed by atoms with Gasteiger partial charge in [-0.3, -0.25) is 23.7 Å². The number of hydrogen-bond donors (Lipinski definition) is 0. The van der Waals surface area contributed by atoms with E-state index in [1.165, 1.54) is 7.05 Å². The summed E-state index contributed by atoms with van der Waals surface area (Å²) in [5.41, 5.74) is -1.59. The van der Waals surface area contributed by atoms with Crippen LogP contribution in [0.25, 0.3) is 48.8 Å². The molecule has 0 N–H and O–H groups in total. The highest BCUT2D eigenvalue weighted by Crippen LogP contribution is 2.43. The Balaban J connectivity index is 0.000000170. The third-order valence-corrected chi connectivity index (χ3v) is 12.1. The molecule has 16 heteroatoms. The molecule has 72 heavy (non-hydrogen) atoms. The molecule has 0 atom stereocenters. The molecule has 0 unspecified atom stereocenters. The summed E-state index contributed by atoms with van der Waals surface area (Å²) in [6, 6.07) is 34.4. The second-order valence-electron chi connectivity index (χ2n) is 17.3. The topological polar surface area (TPSA) is 210 Å². The van der Waals surface area contributed by atoms with E-state index in [4.69, 9.17) is 27.8 Å². The van der Waals surface area contributed by atoms with Gasteiger partial charge >= 0.3 is 22.5 Å². The first-order chi connectivity index (χ1) is 34.5. The van der Waals surface area contributed by atoms with E-state index in [9.17, 15) is 38.4 Å². The molecule has 11 rings (SSSR count). The zero-order chi connectivity index (χ0) is 50.9. The quantitative estimate of drug-likeness (QED) is 0.133. The van der Waals surface area contributed by atoms with Crippen LogP contribution < -0.4 is 63.7 Å². The first-order valence-electron chi connectivity index (χ1n) is 22.3. The SMILES string of the molecule is Cc1ccc(Oc2c3c(=O)n(C)c(=O)c3c(Oc3ccc(C)cc3)c3c(=O)n(-c4ccc(C)cc4)c(=O)c23)cc1.Cc1ccc(Oc2c3c(=O)oc(=O)c3c(Oc3ccc(C)cc3)c3c(=O)oc(=O)c23)cc1. The van der Waals surface area contributed by atoms with E-state index in [-0.39, 0.29) is 77.6 Å². The molecule has 0 amide bonds. The molecular formula is C56H38N2O14. The summed E-state index contributed by atoms with van der Waals surface area (Å²) < 4.78 is 35.5. The van der Waals surface area contributed by atoms with Crippen molar-refractivity contribution >= 4 is 43.1 Å². The third kappa shape index (κ3) is 7.86. The number of hydrogen-bond acceptors (Lipinski definition) is 14. The van der Waals surface area contributed by atoms with Crippen LogP contribution in [0.4, 0.5) is 0 Å². The Morgan fingerprint density at radius 2 is 0.528 bits per heavy atom. The van der Waals surface area contributed by atoms with Crippen LogP contribution >= 0.6 is 0 Å². The Labute approximate surface area is 404 Å². The normalized spacial score (nSPS) is 11.4. The predicted octanol–water partition coefficient (Wildman–Crippen LogP) is 8.65. The molecule has 7 aromatic carbocycles. The summed E-state index contributed by atoms with van der Waals surface area (Å²) in [4.78, 5) is 105. The van der Waals surface area contributed by atoms with Crippen molar-refractivity contribution in [1.82, 2.24) is 9.13 Å². The molecule has 0 saturated carbocycles. The van der Waals surface area contributed by atoms with E-state index in [0.717, 1.165) is 37.0 Å². The van der Waals surface area contributed by atoms with Crippen LogP contribution in [-0.2, 0) is 7.05 Å². The smallest absolute Gasteiger partial charge is 0.350 e. The van der Waals surface area contributed by atoms with E-state index in [1.807, 2.05) is 58.9 Å².